The van der Waals surface area contributed by atoms with Gasteiger partial charge in [0, 0.05) is 23.5 Å². The summed E-state index contributed by atoms with van der Waals surface area (Å²) in [6.45, 7) is 4.90. The van der Waals surface area contributed by atoms with Gasteiger partial charge in [-0.2, -0.15) is 0 Å². The molecule has 0 spiro atoms. The molecule has 0 unspecified atom stereocenters. The standard InChI is InChI=1S/C24H25N3O3/c1-17-10-11-18(15-21(17)26-24(29)22-9-6-14-30-22)23(28)25-20-8-3-2-7-19(20)16-27-12-4-5-13-27/h2-3,6-11,14-15H,4-5,12-13,16H2,1H3,(H,25,28)(H,26,29). The zero-order chi connectivity index (χ0) is 20.9. The molecule has 2 aromatic carbocycles. The molecule has 0 atom stereocenters. The number of hydrogen-bond donors (Lipinski definition) is 2. The van der Waals surface area contributed by atoms with Crippen molar-refractivity contribution in [2.45, 2.75) is 26.3 Å². The largest absolute Gasteiger partial charge is 0.459 e. The van der Waals surface area contributed by atoms with E-state index >= 15 is 0 Å². The summed E-state index contributed by atoms with van der Waals surface area (Å²) in [6, 6.07) is 16.4. The molecule has 0 radical (unpaired) electrons. The highest BCUT2D eigenvalue weighted by Gasteiger charge is 2.16. The number of amides is 2. The first-order valence-corrected chi connectivity index (χ1v) is 10.2. The SMILES string of the molecule is Cc1ccc(C(=O)Nc2ccccc2CN2CCCC2)cc1NC(=O)c1ccco1. The molecule has 1 aliphatic rings. The van der Waals surface area contributed by atoms with Gasteiger partial charge in [0.25, 0.3) is 11.8 Å². The summed E-state index contributed by atoms with van der Waals surface area (Å²) in [7, 11) is 0. The van der Waals surface area contributed by atoms with E-state index in [4.69, 9.17) is 4.42 Å². The first-order chi connectivity index (χ1) is 14.6. The molecule has 154 valence electrons. The van der Waals surface area contributed by atoms with Gasteiger partial charge in [-0.05, 0) is 74.3 Å². The van der Waals surface area contributed by atoms with Crippen LogP contribution in [0.4, 0.5) is 11.4 Å². The van der Waals surface area contributed by atoms with Crippen LogP contribution < -0.4 is 10.6 Å². The van der Waals surface area contributed by atoms with Crippen LogP contribution in [0.2, 0.25) is 0 Å². The van der Waals surface area contributed by atoms with Gasteiger partial charge in [-0.15, -0.1) is 0 Å². The molecule has 3 aromatic rings. The number of hydrogen-bond acceptors (Lipinski definition) is 4. The van der Waals surface area contributed by atoms with Gasteiger partial charge in [0.2, 0.25) is 0 Å². The molecular weight excluding hydrogens is 378 g/mol. The topological polar surface area (TPSA) is 74.6 Å². The number of aryl methyl sites for hydroxylation is 1. The van der Waals surface area contributed by atoms with Crippen LogP contribution in [0.5, 0.6) is 0 Å². The third-order valence-corrected chi connectivity index (χ3v) is 5.35. The van der Waals surface area contributed by atoms with Crippen molar-refractivity contribution in [1.82, 2.24) is 4.90 Å². The lowest BCUT2D eigenvalue weighted by Crippen LogP contribution is -2.20. The number of carbonyl (C=O) groups excluding carboxylic acids is 2. The third kappa shape index (κ3) is 4.60. The summed E-state index contributed by atoms with van der Waals surface area (Å²) in [5.41, 5.74) is 3.84. The van der Waals surface area contributed by atoms with E-state index in [2.05, 4.69) is 21.6 Å². The highest BCUT2D eigenvalue weighted by Crippen LogP contribution is 2.23. The predicted octanol–water partition coefficient (Wildman–Crippen LogP) is 4.69. The van der Waals surface area contributed by atoms with Crippen molar-refractivity contribution in [1.29, 1.82) is 0 Å². The highest BCUT2D eigenvalue weighted by molar-refractivity contribution is 6.07. The number of rotatable bonds is 6. The maximum Gasteiger partial charge on any atom is 0.291 e. The van der Waals surface area contributed by atoms with Gasteiger partial charge in [0.05, 0.1) is 6.26 Å². The minimum atomic E-state index is -0.350. The molecule has 2 heterocycles. The molecule has 6 nitrogen and oxygen atoms in total. The molecule has 1 saturated heterocycles. The Balaban J connectivity index is 1.49. The molecule has 1 aromatic heterocycles. The molecule has 4 rings (SSSR count). The third-order valence-electron chi connectivity index (χ3n) is 5.35. The predicted molar refractivity (Wildman–Crippen MR) is 117 cm³/mol. The number of carbonyl (C=O) groups is 2. The Bertz CT molecular complexity index is 1040. The van der Waals surface area contributed by atoms with E-state index in [0.29, 0.717) is 11.3 Å². The fraction of sp³-hybridized carbons (Fsp3) is 0.250. The molecule has 1 fully saturated rings. The molecule has 2 N–H and O–H groups in total. The van der Waals surface area contributed by atoms with E-state index in [0.717, 1.165) is 36.4 Å². The van der Waals surface area contributed by atoms with Crippen molar-refractivity contribution >= 4 is 23.2 Å². The molecule has 1 aliphatic heterocycles. The number of nitrogens with one attached hydrogen (secondary N) is 2. The van der Waals surface area contributed by atoms with E-state index in [-0.39, 0.29) is 17.6 Å². The maximum absolute atomic E-state index is 12.9. The summed E-state index contributed by atoms with van der Waals surface area (Å²) < 4.78 is 5.14. The van der Waals surface area contributed by atoms with Crippen LogP contribution in [0, 0.1) is 6.92 Å². The van der Waals surface area contributed by atoms with Gasteiger partial charge >= 0.3 is 0 Å². The van der Waals surface area contributed by atoms with Crippen LogP contribution in [0.1, 0.15) is 44.9 Å². The van der Waals surface area contributed by atoms with Crippen molar-refractivity contribution in [3.8, 4) is 0 Å². The Labute approximate surface area is 175 Å². The Hall–Kier alpha value is -3.38. The van der Waals surface area contributed by atoms with Gasteiger partial charge in [0.1, 0.15) is 0 Å². The number of anilines is 2. The quantitative estimate of drug-likeness (QED) is 0.626. The van der Waals surface area contributed by atoms with Gasteiger partial charge in [0.15, 0.2) is 5.76 Å². The second kappa shape index (κ2) is 8.97. The Morgan fingerprint density at radius 3 is 2.47 bits per heavy atom. The first kappa shape index (κ1) is 19.9. The second-order valence-electron chi connectivity index (χ2n) is 7.56. The fourth-order valence-corrected chi connectivity index (χ4v) is 3.65. The van der Waals surface area contributed by atoms with Crippen molar-refractivity contribution < 1.29 is 14.0 Å². The van der Waals surface area contributed by atoms with Crippen LogP contribution in [0.25, 0.3) is 0 Å². The molecule has 30 heavy (non-hydrogen) atoms. The molecule has 6 heteroatoms. The zero-order valence-electron chi connectivity index (χ0n) is 17.0. The number of furan rings is 1. The number of likely N-dealkylation sites (tertiary alicyclic amines) is 1. The molecular formula is C24H25N3O3. The van der Waals surface area contributed by atoms with Crippen molar-refractivity contribution in [2.75, 3.05) is 23.7 Å². The average molecular weight is 403 g/mol. The Morgan fingerprint density at radius 2 is 1.70 bits per heavy atom. The van der Waals surface area contributed by atoms with Gasteiger partial charge in [-0.25, -0.2) is 0 Å². The molecule has 2 amide bonds. The van der Waals surface area contributed by atoms with Crippen LogP contribution in [0.15, 0.2) is 65.3 Å². The van der Waals surface area contributed by atoms with Gasteiger partial charge in [-0.3, -0.25) is 14.5 Å². The lowest BCUT2D eigenvalue weighted by Gasteiger charge is -2.18. The lowest BCUT2D eigenvalue weighted by atomic mass is 10.1. The normalized spacial score (nSPS) is 13.9. The fourth-order valence-electron chi connectivity index (χ4n) is 3.65. The molecule has 0 aliphatic carbocycles. The van der Waals surface area contributed by atoms with E-state index in [1.807, 2.05) is 31.2 Å². The summed E-state index contributed by atoms with van der Waals surface area (Å²) in [6.07, 6.45) is 3.90. The van der Waals surface area contributed by atoms with Crippen molar-refractivity contribution in [3.05, 3.63) is 83.3 Å². The number of benzene rings is 2. The zero-order valence-corrected chi connectivity index (χ0v) is 17.0. The van der Waals surface area contributed by atoms with E-state index in [1.165, 1.54) is 19.1 Å². The van der Waals surface area contributed by atoms with Gasteiger partial charge in [-0.1, -0.05) is 24.3 Å². The van der Waals surface area contributed by atoms with E-state index < -0.39 is 0 Å². The average Bonchev–Trinajstić information content (AvgIpc) is 3.45. The first-order valence-electron chi connectivity index (χ1n) is 10.2. The van der Waals surface area contributed by atoms with E-state index in [1.54, 1.807) is 24.3 Å². The molecule has 0 bridgehead atoms. The Morgan fingerprint density at radius 1 is 0.933 bits per heavy atom. The van der Waals surface area contributed by atoms with Crippen molar-refractivity contribution in [2.24, 2.45) is 0 Å². The van der Waals surface area contributed by atoms with Gasteiger partial charge < -0.3 is 15.1 Å². The smallest absolute Gasteiger partial charge is 0.291 e. The van der Waals surface area contributed by atoms with Crippen LogP contribution >= 0.6 is 0 Å². The minimum absolute atomic E-state index is 0.211. The summed E-state index contributed by atoms with van der Waals surface area (Å²) in [5.74, 6) is -0.339. The lowest BCUT2D eigenvalue weighted by molar-refractivity contribution is 0.0993. The highest BCUT2D eigenvalue weighted by atomic mass is 16.3. The molecule has 0 saturated carbocycles. The van der Waals surface area contributed by atoms with Crippen molar-refractivity contribution in [3.63, 3.8) is 0 Å². The maximum atomic E-state index is 12.9. The second-order valence-corrected chi connectivity index (χ2v) is 7.56. The van der Waals surface area contributed by atoms with E-state index in [9.17, 15) is 9.59 Å². The minimum Gasteiger partial charge on any atom is -0.459 e. The van der Waals surface area contributed by atoms with Crippen LogP contribution in [-0.4, -0.2) is 29.8 Å². The van der Waals surface area contributed by atoms with Crippen LogP contribution in [-0.2, 0) is 6.54 Å². The Kier molecular flexibility index (Phi) is 5.95. The monoisotopic (exact) mass is 403 g/mol. The summed E-state index contributed by atoms with van der Waals surface area (Å²) >= 11 is 0. The number of para-hydroxylation sites is 1. The summed E-state index contributed by atoms with van der Waals surface area (Å²) in [4.78, 5) is 27.6. The van der Waals surface area contributed by atoms with Crippen LogP contribution in [0.3, 0.4) is 0 Å². The number of nitrogens with zero attached hydrogens (tertiary/aromatic N) is 1. The summed E-state index contributed by atoms with van der Waals surface area (Å²) in [5, 5.41) is 5.84.